The van der Waals surface area contributed by atoms with E-state index in [4.69, 9.17) is 16.3 Å². The van der Waals surface area contributed by atoms with Crippen molar-refractivity contribution in [2.24, 2.45) is 5.10 Å². The molecule has 2 amide bonds. The van der Waals surface area contributed by atoms with Crippen LogP contribution >= 0.6 is 11.6 Å². The zero-order valence-electron chi connectivity index (χ0n) is 12.5. The van der Waals surface area contributed by atoms with Crippen molar-refractivity contribution in [2.45, 2.75) is 26.2 Å². The quantitative estimate of drug-likeness (QED) is 0.863. The van der Waals surface area contributed by atoms with Crippen LogP contribution in [0.1, 0.15) is 24.0 Å². The number of hydrazone groups is 1. The minimum atomic E-state index is -0.266. The number of carbonyl (C=O) groups is 2. The number of hydrogen-bond donors (Lipinski definition) is 2. The highest BCUT2D eigenvalue weighted by atomic mass is 35.5. The third kappa shape index (κ3) is 3.98. The molecule has 1 aliphatic heterocycles. The number of amides is 2. The molecule has 1 aromatic carbocycles. The van der Waals surface area contributed by atoms with E-state index in [1.54, 1.807) is 7.11 Å². The van der Waals surface area contributed by atoms with Gasteiger partial charge in [-0.05, 0) is 36.6 Å². The van der Waals surface area contributed by atoms with Gasteiger partial charge in [-0.1, -0.05) is 11.6 Å². The molecular formula is C15H18ClN3O3. The number of hydrogen-bond acceptors (Lipinski definition) is 4. The lowest BCUT2D eigenvalue weighted by Crippen LogP contribution is -2.37. The number of carbonyl (C=O) groups excluding carboxylic acids is 2. The Balaban J connectivity index is 1.94. The topological polar surface area (TPSA) is 79.8 Å². The molecular weight excluding hydrogens is 306 g/mol. The number of nitrogens with zero attached hydrogens (tertiary/aromatic N) is 1. The van der Waals surface area contributed by atoms with E-state index in [1.165, 1.54) is 0 Å². The maximum atomic E-state index is 11.9. The molecule has 2 rings (SSSR count). The van der Waals surface area contributed by atoms with Gasteiger partial charge in [0, 0.05) is 24.4 Å². The number of ether oxygens (including phenoxy) is 1. The minimum absolute atomic E-state index is 0.171. The molecule has 0 radical (unpaired) electrons. The second-order valence-electron chi connectivity index (χ2n) is 5.01. The molecule has 2 N–H and O–H groups in total. The van der Waals surface area contributed by atoms with E-state index in [9.17, 15) is 9.59 Å². The summed E-state index contributed by atoms with van der Waals surface area (Å²) < 4.78 is 5.37. The van der Waals surface area contributed by atoms with Crippen LogP contribution in [0.5, 0.6) is 5.75 Å². The van der Waals surface area contributed by atoms with Gasteiger partial charge in [-0.15, -0.1) is 0 Å². The molecule has 0 atom stereocenters. The molecule has 7 heteroatoms. The highest BCUT2D eigenvalue weighted by Crippen LogP contribution is 2.27. The smallest absolute Gasteiger partial charge is 0.267 e. The first kappa shape index (κ1) is 16.3. The average molecular weight is 324 g/mol. The monoisotopic (exact) mass is 323 g/mol. The summed E-state index contributed by atoms with van der Waals surface area (Å²) >= 11 is 6.05. The SMILES string of the molecule is COc1c(C)cc(Cl)cc1CCNC(=O)C1=NNC(=O)CC1. The standard InChI is InChI=1S/C15H18ClN3O3/c1-9-7-11(16)8-10(14(9)22-2)5-6-17-15(21)12-3-4-13(20)19-18-12/h7-8H,3-6H2,1-2H3,(H,17,21)(H,19,20). The molecule has 1 heterocycles. The molecule has 0 spiro atoms. The van der Waals surface area contributed by atoms with Gasteiger partial charge in [0.2, 0.25) is 5.91 Å². The summed E-state index contributed by atoms with van der Waals surface area (Å²) in [5, 5.41) is 7.18. The minimum Gasteiger partial charge on any atom is -0.496 e. The summed E-state index contributed by atoms with van der Waals surface area (Å²) in [5.41, 5.74) is 4.54. The maximum absolute atomic E-state index is 11.9. The fourth-order valence-corrected chi connectivity index (χ4v) is 2.62. The summed E-state index contributed by atoms with van der Waals surface area (Å²) in [6, 6.07) is 3.67. The molecule has 0 saturated carbocycles. The molecule has 1 aromatic rings. The Morgan fingerprint density at radius 3 is 2.86 bits per heavy atom. The Hall–Kier alpha value is -2.08. The third-order valence-corrected chi connectivity index (χ3v) is 3.59. The molecule has 1 aliphatic rings. The van der Waals surface area contributed by atoms with Crippen molar-refractivity contribution in [2.75, 3.05) is 13.7 Å². The Morgan fingerprint density at radius 1 is 1.45 bits per heavy atom. The summed E-state index contributed by atoms with van der Waals surface area (Å²) in [5.74, 6) is 0.342. The van der Waals surface area contributed by atoms with Crippen molar-refractivity contribution in [3.63, 3.8) is 0 Å². The number of methoxy groups -OCH3 is 1. The van der Waals surface area contributed by atoms with Crippen molar-refractivity contribution >= 4 is 29.1 Å². The van der Waals surface area contributed by atoms with Gasteiger partial charge in [0.1, 0.15) is 11.5 Å². The number of nitrogens with one attached hydrogen (secondary N) is 2. The fraction of sp³-hybridized carbons (Fsp3) is 0.400. The maximum Gasteiger partial charge on any atom is 0.267 e. The van der Waals surface area contributed by atoms with Crippen molar-refractivity contribution in [3.05, 3.63) is 28.3 Å². The zero-order chi connectivity index (χ0) is 16.1. The molecule has 22 heavy (non-hydrogen) atoms. The van der Waals surface area contributed by atoms with Crippen molar-refractivity contribution in [3.8, 4) is 5.75 Å². The lowest BCUT2D eigenvalue weighted by atomic mass is 10.1. The normalized spacial score (nSPS) is 14.1. The third-order valence-electron chi connectivity index (χ3n) is 3.37. The van der Waals surface area contributed by atoms with E-state index in [2.05, 4.69) is 15.8 Å². The Morgan fingerprint density at radius 2 is 2.23 bits per heavy atom. The van der Waals surface area contributed by atoms with Gasteiger partial charge in [-0.25, -0.2) is 5.43 Å². The summed E-state index contributed by atoms with van der Waals surface area (Å²) in [6.07, 6.45) is 1.24. The van der Waals surface area contributed by atoms with Crippen molar-refractivity contribution < 1.29 is 14.3 Å². The van der Waals surface area contributed by atoms with Crippen LogP contribution in [0, 0.1) is 6.92 Å². The van der Waals surface area contributed by atoms with E-state index < -0.39 is 0 Å². The largest absolute Gasteiger partial charge is 0.496 e. The predicted molar refractivity (Wildman–Crippen MR) is 84.3 cm³/mol. The van der Waals surface area contributed by atoms with Crippen LogP contribution < -0.4 is 15.5 Å². The van der Waals surface area contributed by atoms with E-state index in [1.807, 2.05) is 19.1 Å². The fourth-order valence-electron chi connectivity index (χ4n) is 2.33. The molecule has 0 aromatic heterocycles. The first-order valence-corrected chi connectivity index (χ1v) is 7.35. The molecule has 6 nitrogen and oxygen atoms in total. The first-order valence-electron chi connectivity index (χ1n) is 6.98. The number of rotatable bonds is 5. The predicted octanol–water partition coefficient (Wildman–Crippen LogP) is 1.58. The lowest BCUT2D eigenvalue weighted by molar-refractivity contribution is -0.121. The summed E-state index contributed by atoms with van der Waals surface area (Å²) in [7, 11) is 1.61. The van der Waals surface area contributed by atoms with Gasteiger partial charge in [-0.3, -0.25) is 9.59 Å². The average Bonchev–Trinajstić information content (AvgIpc) is 2.47. The van der Waals surface area contributed by atoms with Crippen LogP contribution in [0.3, 0.4) is 0 Å². The molecule has 0 fully saturated rings. The molecule has 0 unspecified atom stereocenters. The van der Waals surface area contributed by atoms with Gasteiger partial charge in [0.05, 0.1) is 7.11 Å². The Labute approximate surface area is 133 Å². The number of halogens is 1. The number of benzene rings is 1. The second kappa shape index (κ2) is 7.26. The van der Waals surface area contributed by atoms with Gasteiger partial charge >= 0.3 is 0 Å². The van der Waals surface area contributed by atoms with E-state index in [0.29, 0.717) is 30.1 Å². The van der Waals surface area contributed by atoms with Crippen molar-refractivity contribution in [1.82, 2.24) is 10.7 Å². The van der Waals surface area contributed by atoms with Gasteiger partial charge in [-0.2, -0.15) is 5.10 Å². The number of aryl methyl sites for hydroxylation is 1. The summed E-state index contributed by atoms with van der Waals surface area (Å²) in [4.78, 5) is 22.9. The lowest BCUT2D eigenvalue weighted by Gasteiger charge is -2.14. The van der Waals surface area contributed by atoms with Crippen molar-refractivity contribution in [1.29, 1.82) is 0 Å². The molecule has 118 valence electrons. The van der Waals surface area contributed by atoms with Gasteiger partial charge in [0.15, 0.2) is 0 Å². The van der Waals surface area contributed by atoms with Gasteiger partial charge in [0.25, 0.3) is 5.91 Å². The van der Waals surface area contributed by atoms with Crippen LogP contribution in [-0.4, -0.2) is 31.2 Å². The highest BCUT2D eigenvalue weighted by molar-refractivity contribution is 6.39. The van der Waals surface area contributed by atoms with Crippen LogP contribution in [0.2, 0.25) is 5.02 Å². The van der Waals surface area contributed by atoms with Crippen LogP contribution in [0.15, 0.2) is 17.2 Å². The van der Waals surface area contributed by atoms with Gasteiger partial charge < -0.3 is 10.1 Å². The molecule has 0 aliphatic carbocycles. The van der Waals surface area contributed by atoms with E-state index >= 15 is 0 Å². The van der Waals surface area contributed by atoms with E-state index in [-0.39, 0.29) is 18.2 Å². The molecule has 0 bridgehead atoms. The summed E-state index contributed by atoms with van der Waals surface area (Å²) in [6.45, 7) is 2.36. The second-order valence-corrected chi connectivity index (χ2v) is 5.45. The van der Waals surface area contributed by atoms with E-state index in [0.717, 1.165) is 16.9 Å². The Bertz CT molecular complexity index is 629. The highest BCUT2D eigenvalue weighted by Gasteiger charge is 2.18. The first-order chi connectivity index (χ1) is 10.5. The van der Waals surface area contributed by atoms with Crippen LogP contribution in [-0.2, 0) is 16.0 Å². The van der Waals surface area contributed by atoms with Crippen LogP contribution in [0.4, 0.5) is 0 Å². The molecule has 0 saturated heterocycles. The Kier molecular flexibility index (Phi) is 5.38. The zero-order valence-corrected chi connectivity index (χ0v) is 13.3. The van der Waals surface area contributed by atoms with Crippen LogP contribution in [0.25, 0.3) is 0 Å².